The number of fused-ring (bicyclic) bond motifs is 1. The molecule has 0 fully saturated rings. The number of carbonyl (C=O) groups excluding carboxylic acids is 5. The van der Waals surface area contributed by atoms with Crippen LogP contribution in [0.1, 0.15) is 48.4 Å². The molecule has 1 aliphatic heterocycles. The van der Waals surface area contributed by atoms with Gasteiger partial charge in [0.2, 0.25) is 0 Å². The monoisotopic (exact) mass is 535 g/mol. The van der Waals surface area contributed by atoms with Crippen LogP contribution in [0.5, 0.6) is 5.75 Å². The summed E-state index contributed by atoms with van der Waals surface area (Å²) in [5.74, 6) is -2.87. The van der Waals surface area contributed by atoms with E-state index in [1.165, 1.54) is 43.3 Å². The highest BCUT2D eigenvalue weighted by Gasteiger charge is 2.41. The van der Waals surface area contributed by atoms with Crippen molar-refractivity contribution in [3.05, 3.63) is 99.5 Å². The van der Waals surface area contributed by atoms with Crippen molar-refractivity contribution in [2.75, 3.05) is 6.61 Å². The topological polar surface area (TPSA) is 107 Å². The largest absolute Gasteiger partial charge is 0.456 e. The summed E-state index contributed by atoms with van der Waals surface area (Å²) in [6.07, 6.45) is 0. The van der Waals surface area contributed by atoms with E-state index in [-0.39, 0.29) is 22.4 Å². The van der Waals surface area contributed by atoms with Gasteiger partial charge in [-0.3, -0.25) is 19.3 Å². The van der Waals surface area contributed by atoms with E-state index in [4.69, 9.17) is 9.47 Å². The van der Waals surface area contributed by atoms with Crippen molar-refractivity contribution in [2.24, 2.45) is 0 Å². The fraction of sp³-hybridized carbons (Fsp3) is 0.115. The minimum Gasteiger partial charge on any atom is -0.456 e. The zero-order valence-electron chi connectivity index (χ0n) is 18.4. The summed E-state index contributed by atoms with van der Waals surface area (Å²) in [4.78, 5) is 63.0. The summed E-state index contributed by atoms with van der Waals surface area (Å²) < 4.78 is 11.2. The molecule has 2 amide bonds. The molecule has 1 atom stereocenters. The minimum atomic E-state index is -1.20. The molecule has 0 radical (unpaired) electrons. The van der Waals surface area contributed by atoms with Gasteiger partial charge in [0.15, 0.2) is 12.4 Å². The number of hydrogen-bond acceptors (Lipinski definition) is 7. The minimum absolute atomic E-state index is 0.217. The van der Waals surface area contributed by atoms with Crippen molar-refractivity contribution in [3.8, 4) is 5.75 Å². The lowest BCUT2D eigenvalue weighted by molar-refractivity contribution is -0.146. The second-order valence-corrected chi connectivity index (χ2v) is 8.57. The molecule has 1 heterocycles. The highest BCUT2D eigenvalue weighted by Crippen LogP contribution is 2.25. The Labute approximate surface area is 208 Å². The first kappa shape index (κ1) is 24.0. The summed E-state index contributed by atoms with van der Waals surface area (Å²) in [5.41, 5.74) is 1.03. The quantitative estimate of drug-likeness (QED) is 0.194. The molecule has 1 unspecified atom stereocenters. The number of halogens is 1. The van der Waals surface area contributed by atoms with Crippen molar-refractivity contribution in [3.63, 3.8) is 0 Å². The molecule has 35 heavy (non-hydrogen) atoms. The lowest BCUT2D eigenvalue weighted by Crippen LogP contribution is -2.44. The summed E-state index contributed by atoms with van der Waals surface area (Å²) in [7, 11) is 0. The van der Waals surface area contributed by atoms with Crippen molar-refractivity contribution in [2.45, 2.75) is 13.0 Å². The van der Waals surface area contributed by atoms with Crippen molar-refractivity contribution in [1.29, 1.82) is 0 Å². The van der Waals surface area contributed by atoms with Crippen LogP contribution in [0.2, 0.25) is 0 Å². The maximum absolute atomic E-state index is 12.5. The molecule has 3 aromatic carbocycles. The number of amides is 2. The molecule has 176 valence electrons. The number of esters is 2. The number of carbonyl (C=O) groups is 5. The van der Waals surface area contributed by atoms with Crippen LogP contribution in [-0.4, -0.2) is 47.1 Å². The van der Waals surface area contributed by atoms with Crippen molar-refractivity contribution < 1.29 is 33.4 Å². The molecule has 0 aliphatic carbocycles. The Morgan fingerprint density at radius 3 is 1.94 bits per heavy atom. The van der Waals surface area contributed by atoms with Crippen LogP contribution < -0.4 is 4.74 Å². The third kappa shape index (κ3) is 5.04. The highest BCUT2D eigenvalue weighted by atomic mass is 79.9. The predicted molar refractivity (Wildman–Crippen MR) is 127 cm³/mol. The first-order valence-corrected chi connectivity index (χ1v) is 11.3. The van der Waals surface area contributed by atoms with Crippen LogP contribution in [0.25, 0.3) is 0 Å². The molecule has 0 aromatic heterocycles. The molecule has 0 saturated carbocycles. The van der Waals surface area contributed by atoms with Gasteiger partial charge in [0.25, 0.3) is 11.8 Å². The van der Waals surface area contributed by atoms with Gasteiger partial charge in [-0.05, 0) is 67.6 Å². The molecule has 0 N–H and O–H groups in total. The van der Waals surface area contributed by atoms with E-state index in [0.717, 1.165) is 9.37 Å². The van der Waals surface area contributed by atoms with E-state index in [1.54, 1.807) is 36.4 Å². The second-order valence-electron chi connectivity index (χ2n) is 7.65. The first-order valence-electron chi connectivity index (χ1n) is 10.5. The van der Waals surface area contributed by atoms with Gasteiger partial charge >= 0.3 is 11.9 Å². The fourth-order valence-corrected chi connectivity index (χ4v) is 3.73. The Morgan fingerprint density at radius 2 is 1.37 bits per heavy atom. The van der Waals surface area contributed by atoms with Crippen molar-refractivity contribution in [1.82, 2.24) is 4.90 Å². The zero-order chi connectivity index (χ0) is 25.1. The Kier molecular flexibility index (Phi) is 6.88. The molecular formula is C26H18BrNO7. The van der Waals surface area contributed by atoms with Crippen LogP contribution in [0.4, 0.5) is 0 Å². The van der Waals surface area contributed by atoms with Gasteiger partial charge < -0.3 is 9.47 Å². The molecule has 9 heteroatoms. The fourth-order valence-electron chi connectivity index (χ4n) is 3.47. The molecule has 0 saturated heterocycles. The lowest BCUT2D eigenvalue weighted by atomic mass is 10.1. The van der Waals surface area contributed by atoms with Crippen LogP contribution in [-0.2, 0) is 9.53 Å². The van der Waals surface area contributed by atoms with Gasteiger partial charge in [0, 0.05) is 10.0 Å². The first-order chi connectivity index (χ1) is 16.8. The summed E-state index contributed by atoms with van der Waals surface area (Å²) in [6.45, 7) is 0.785. The number of imide groups is 1. The van der Waals surface area contributed by atoms with Crippen LogP contribution in [0.15, 0.2) is 77.3 Å². The average molecular weight is 536 g/mol. The Hall–Kier alpha value is -4.11. The maximum atomic E-state index is 12.5. The predicted octanol–water partition coefficient (Wildman–Crippen LogP) is 4.08. The van der Waals surface area contributed by atoms with E-state index in [9.17, 15) is 24.0 Å². The molecule has 0 bridgehead atoms. The average Bonchev–Trinajstić information content (AvgIpc) is 3.12. The number of ether oxygens (including phenoxy) is 2. The Morgan fingerprint density at radius 1 is 0.829 bits per heavy atom. The third-order valence-electron chi connectivity index (χ3n) is 5.37. The van der Waals surface area contributed by atoms with Gasteiger partial charge in [-0.1, -0.05) is 28.1 Å². The van der Waals surface area contributed by atoms with E-state index in [0.29, 0.717) is 5.56 Å². The highest BCUT2D eigenvalue weighted by molar-refractivity contribution is 9.10. The lowest BCUT2D eigenvalue weighted by Gasteiger charge is -2.20. The second kappa shape index (κ2) is 10.0. The molecular weight excluding hydrogens is 518 g/mol. The molecule has 0 spiro atoms. The number of ketones is 1. The van der Waals surface area contributed by atoms with Gasteiger partial charge in [0.05, 0.1) is 16.7 Å². The van der Waals surface area contributed by atoms with E-state index >= 15 is 0 Å². The molecule has 1 aliphatic rings. The summed E-state index contributed by atoms with van der Waals surface area (Å²) in [5, 5.41) is 0. The molecule has 3 aromatic rings. The summed E-state index contributed by atoms with van der Waals surface area (Å²) >= 11 is 3.29. The Balaban J connectivity index is 1.32. The number of rotatable bonds is 7. The zero-order valence-corrected chi connectivity index (χ0v) is 20.0. The van der Waals surface area contributed by atoms with E-state index < -0.39 is 42.2 Å². The maximum Gasteiger partial charge on any atom is 0.343 e. The van der Waals surface area contributed by atoms with Crippen LogP contribution in [0.3, 0.4) is 0 Å². The van der Waals surface area contributed by atoms with Gasteiger partial charge in [0.1, 0.15) is 11.8 Å². The third-order valence-corrected chi connectivity index (χ3v) is 5.89. The Bertz CT molecular complexity index is 1300. The van der Waals surface area contributed by atoms with E-state index in [2.05, 4.69) is 15.9 Å². The van der Waals surface area contributed by atoms with Gasteiger partial charge in [-0.15, -0.1) is 0 Å². The van der Waals surface area contributed by atoms with Crippen molar-refractivity contribution >= 4 is 45.5 Å². The number of benzene rings is 3. The van der Waals surface area contributed by atoms with E-state index in [1.807, 2.05) is 0 Å². The van der Waals surface area contributed by atoms with Crippen LogP contribution in [0, 0.1) is 0 Å². The number of nitrogens with zero attached hydrogens (tertiary/aromatic N) is 1. The number of Topliss-reactive ketones (excluding diaryl/α,β-unsaturated/α-hetero) is 1. The smallest absolute Gasteiger partial charge is 0.343 e. The van der Waals surface area contributed by atoms with Gasteiger partial charge in [-0.2, -0.15) is 0 Å². The van der Waals surface area contributed by atoms with Gasteiger partial charge in [-0.25, -0.2) is 9.59 Å². The molecule has 4 rings (SSSR count). The SMILES string of the molecule is CC(C(=O)OCC(=O)c1ccc(OC(=O)c2ccc(Br)cc2)cc1)N1C(=O)c2ccccc2C1=O. The van der Waals surface area contributed by atoms with Crippen LogP contribution >= 0.6 is 15.9 Å². The standard InChI is InChI=1S/C26H18BrNO7/c1-15(28-23(30)20-4-2-3-5-21(20)24(28)31)25(32)34-14-22(29)16-8-12-19(13-9-16)35-26(33)17-6-10-18(27)11-7-17/h2-13,15H,14H2,1H3. The summed E-state index contributed by atoms with van der Waals surface area (Å²) in [6, 6.07) is 17.5. The number of hydrogen-bond donors (Lipinski definition) is 0. The molecule has 8 nitrogen and oxygen atoms in total. The normalized spacial score (nSPS) is 13.3.